The first-order valence-electron chi connectivity index (χ1n) is 20.6. The normalized spacial score (nSPS) is 14.4. The van der Waals surface area contributed by atoms with Crippen LogP contribution in [0.4, 0.5) is 34.1 Å². The van der Waals surface area contributed by atoms with Crippen molar-refractivity contribution in [2.75, 3.05) is 9.80 Å². The summed E-state index contributed by atoms with van der Waals surface area (Å²) >= 11 is 1.86. The molecule has 10 rings (SSSR count). The standard InChI is InChI=1S/C54H45BN2O2S/c1-53(2)54(3,4)59-55(58-53)41-22-17-20-39(34-41)38-19-16-21-40(33-38)49-36-47(37-50-48-31-14-15-32-51(48)60-52(49)50)57(44-27-12-7-13-28-44)46-30-18-29-45(35-46)56(42-23-8-5-9-24-42)43-25-10-6-11-26-43/h5-37H,1-4H3. The van der Waals surface area contributed by atoms with Gasteiger partial charge in [-0.3, -0.25) is 0 Å². The molecule has 0 aliphatic carbocycles. The van der Waals surface area contributed by atoms with Gasteiger partial charge in [0.2, 0.25) is 0 Å². The monoisotopic (exact) mass is 796 g/mol. The summed E-state index contributed by atoms with van der Waals surface area (Å²) in [5, 5.41) is 2.50. The lowest BCUT2D eigenvalue weighted by Gasteiger charge is -2.32. The lowest BCUT2D eigenvalue weighted by atomic mass is 9.78. The molecule has 8 aromatic carbocycles. The number of rotatable bonds is 9. The molecule has 0 spiro atoms. The predicted octanol–water partition coefficient (Wildman–Crippen LogP) is 14.6. The summed E-state index contributed by atoms with van der Waals surface area (Å²) in [6.45, 7) is 8.40. The van der Waals surface area contributed by atoms with E-state index in [4.69, 9.17) is 9.31 Å². The highest BCUT2D eigenvalue weighted by atomic mass is 32.1. The van der Waals surface area contributed by atoms with E-state index in [1.165, 1.54) is 25.7 Å². The van der Waals surface area contributed by atoms with E-state index in [0.717, 1.165) is 56.3 Å². The van der Waals surface area contributed by atoms with Crippen molar-refractivity contribution in [1.82, 2.24) is 0 Å². The second-order valence-corrected chi connectivity index (χ2v) is 17.5. The molecular formula is C54H45BN2O2S. The van der Waals surface area contributed by atoms with Crippen molar-refractivity contribution in [2.45, 2.75) is 38.9 Å². The summed E-state index contributed by atoms with van der Waals surface area (Å²) < 4.78 is 15.5. The van der Waals surface area contributed by atoms with Gasteiger partial charge < -0.3 is 19.1 Å². The van der Waals surface area contributed by atoms with Crippen LogP contribution in [0.2, 0.25) is 0 Å². The molecule has 0 amide bonds. The number of anilines is 6. The van der Waals surface area contributed by atoms with Crippen molar-refractivity contribution in [3.63, 3.8) is 0 Å². The second kappa shape index (κ2) is 15.3. The zero-order valence-electron chi connectivity index (χ0n) is 34.2. The summed E-state index contributed by atoms with van der Waals surface area (Å²) in [7, 11) is -0.428. The molecule has 1 aromatic heterocycles. The van der Waals surface area contributed by atoms with Crippen LogP contribution in [0.25, 0.3) is 42.4 Å². The Kier molecular flexibility index (Phi) is 9.64. The Bertz CT molecular complexity index is 2910. The van der Waals surface area contributed by atoms with Gasteiger partial charge in [0.05, 0.1) is 11.2 Å². The largest absolute Gasteiger partial charge is 0.494 e. The molecule has 0 saturated carbocycles. The van der Waals surface area contributed by atoms with Crippen LogP contribution in [-0.2, 0) is 9.31 Å². The van der Waals surface area contributed by atoms with Crippen LogP contribution in [0.5, 0.6) is 0 Å². The third kappa shape index (κ3) is 6.97. The van der Waals surface area contributed by atoms with Crippen molar-refractivity contribution < 1.29 is 9.31 Å². The molecule has 1 saturated heterocycles. The number of fused-ring (bicyclic) bond motifs is 3. The Morgan fingerprint density at radius 3 is 1.50 bits per heavy atom. The lowest BCUT2D eigenvalue weighted by Crippen LogP contribution is -2.41. The lowest BCUT2D eigenvalue weighted by molar-refractivity contribution is 0.00578. The minimum absolute atomic E-state index is 0.410. The third-order valence-corrected chi connectivity index (χ3v) is 13.2. The van der Waals surface area contributed by atoms with Gasteiger partial charge >= 0.3 is 7.12 Å². The van der Waals surface area contributed by atoms with Gasteiger partial charge in [-0.2, -0.15) is 0 Å². The maximum atomic E-state index is 6.46. The van der Waals surface area contributed by atoms with Crippen LogP contribution in [-0.4, -0.2) is 18.3 Å². The Balaban J connectivity index is 1.13. The highest BCUT2D eigenvalue weighted by molar-refractivity contribution is 7.26. The average Bonchev–Trinajstić information content (AvgIpc) is 3.77. The molecule has 2 heterocycles. The Hall–Kier alpha value is -6.44. The van der Waals surface area contributed by atoms with Gasteiger partial charge in [0, 0.05) is 59.9 Å². The number of benzene rings is 8. The first kappa shape index (κ1) is 37.8. The predicted molar refractivity (Wildman–Crippen MR) is 255 cm³/mol. The fourth-order valence-electron chi connectivity index (χ4n) is 8.26. The zero-order chi connectivity index (χ0) is 40.8. The SMILES string of the molecule is CC1(C)OB(c2cccc(-c3cccc(-c4cc(N(c5ccccc5)c5cccc(N(c6ccccc6)c6ccccc6)c5)cc5c4sc4ccccc45)c3)c2)OC1(C)C. The number of para-hydroxylation sites is 3. The molecule has 1 aliphatic rings. The maximum absolute atomic E-state index is 6.46. The summed E-state index contributed by atoms with van der Waals surface area (Å²) in [6, 6.07) is 71.9. The van der Waals surface area contributed by atoms with E-state index in [2.05, 4.69) is 238 Å². The van der Waals surface area contributed by atoms with Crippen molar-refractivity contribution in [3.8, 4) is 22.3 Å². The van der Waals surface area contributed by atoms with Gasteiger partial charge in [-0.1, -0.05) is 121 Å². The quantitative estimate of drug-likeness (QED) is 0.136. The minimum Gasteiger partial charge on any atom is -0.399 e. The zero-order valence-corrected chi connectivity index (χ0v) is 35.1. The Morgan fingerprint density at radius 2 is 0.883 bits per heavy atom. The molecular weight excluding hydrogens is 751 g/mol. The van der Waals surface area contributed by atoms with Crippen LogP contribution >= 0.6 is 11.3 Å². The van der Waals surface area contributed by atoms with E-state index >= 15 is 0 Å². The van der Waals surface area contributed by atoms with Gasteiger partial charge in [0.25, 0.3) is 0 Å². The molecule has 9 aromatic rings. The molecule has 4 nitrogen and oxygen atoms in total. The van der Waals surface area contributed by atoms with Gasteiger partial charge in [0.15, 0.2) is 0 Å². The topological polar surface area (TPSA) is 24.9 Å². The average molecular weight is 797 g/mol. The van der Waals surface area contributed by atoms with Crippen LogP contribution in [0.1, 0.15) is 27.7 Å². The molecule has 0 unspecified atom stereocenters. The molecule has 0 atom stereocenters. The summed E-state index contributed by atoms with van der Waals surface area (Å²) in [5.74, 6) is 0. The number of hydrogen-bond donors (Lipinski definition) is 0. The van der Waals surface area contributed by atoms with E-state index in [9.17, 15) is 0 Å². The van der Waals surface area contributed by atoms with Gasteiger partial charge in [-0.05, 0) is 129 Å². The second-order valence-electron chi connectivity index (χ2n) is 16.5. The third-order valence-electron chi connectivity index (χ3n) is 12.0. The molecule has 1 aliphatic heterocycles. The number of thiophene rings is 1. The van der Waals surface area contributed by atoms with Crippen LogP contribution < -0.4 is 15.3 Å². The first-order valence-corrected chi connectivity index (χ1v) is 21.4. The number of nitrogens with zero attached hydrogens (tertiary/aromatic N) is 2. The van der Waals surface area contributed by atoms with Gasteiger partial charge in [-0.25, -0.2) is 0 Å². The van der Waals surface area contributed by atoms with E-state index in [1.54, 1.807) is 0 Å². The molecule has 6 heteroatoms. The van der Waals surface area contributed by atoms with Crippen molar-refractivity contribution in [1.29, 1.82) is 0 Å². The Morgan fingerprint density at radius 1 is 0.400 bits per heavy atom. The molecule has 292 valence electrons. The van der Waals surface area contributed by atoms with Gasteiger partial charge in [-0.15, -0.1) is 11.3 Å². The maximum Gasteiger partial charge on any atom is 0.494 e. The van der Waals surface area contributed by atoms with Gasteiger partial charge in [0.1, 0.15) is 0 Å². The van der Waals surface area contributed by atoms with Crippen LogP contribution in [0.3, 0.4) is 0 Å². The van der Waals surface area contributed by atoms with Crippen LogP contribution in [0.15, 0.2) is 200 Å². The fourth-order valence-corrected chi connectivity index (χ4v) is 9.48. The summed E-state index contributed by atoms with van der Waals surface area (Å²) in [6.07, 6.45) is 0. The highest BCUT2D eigenvalue weighted by Gasteiger charge is 2.51. The smallest absolute Gasteiger partial charge is 0.399 e. The van der Waals surface area contributed by atoms with E-state index in [0.29, 0.717) is 0 Å². The fraction of sp³-hybridized carbons (Fsp3) is 0.111. The van der Waals surface area contributed by atoms with Crippen molar-refractivity contribution in [3.05, 3.63) is 200 Å². The van der Waals surface area contributed by atoms with Crippen LogP contribution in [0, 0.1) is 0 Å². The molecule has 1 fully saturated rings. The van der Waals surface area contributed by atoms with Crippen molar-refractivity contribution >= 4 is 78.2 Å². The molecule has 0 radical (unpaired) electrons. The van der Waals surface area contributed by atoms with Crippen molar-refractivity contribution in [2.24, 2.45) is 0 Å². The number of hydrogen-bond acceptors (Lipinski definition) is 5. The Labute approximate surface area is 357 Å². The van der Waals surface area contributed by atoms with E-state index < -0.39 is 18.3 Å². The first-order chi connectivity index (χ1) is 29.2. The summed E-state index contributed by atoms with van der Waals surface area (Å²) in [5.41, 5.74) is 11.3. The molecule has 0 bridgehead atoms. The molecule has 0 N–H and O–H groups in total. The molecule has 60 heavy (non-hydrogen) atoms. The summed E-state index contributed by atoms with van der Waals surface area (Å²) in [4.78, 5) is 4.71. The minimum atomic E-state index is -0.428. The van der Waals surface area contributed by atoms with E-state index in [1.807, 2.05) is 11.3 Å². The highest BCUT2D eigenvalue weighted by Crippen LogP contribution is 2.47. The van der Waals surface area contributed by atoms with E-state index in [-0.39, 0.29) is 0 Å².